The van der Waals surface area contributed by atoms with Crippen LogP contribution in [0.5, 0.6) is 0 Å². The van der Waals surface area contributed by atoms with Gasteiger partial charge in [0.15, 0.2) is 0 Å². The Bertz CT molecular complexity index is 760. The molecule has 1 saturated heterocycles. The lowest BCUT2D eigenvalue weighted by Crippen LogP contribution is -2.44. The number of nitrogens with zero attached hydrogens (tertiary/aromatic N) is 3. The Morgan fingerprint density at radius 3 is 2.27 bits per heavy atom. The second-order valence-corrected chi connectivity index (χ2v) is 9.56. The highest BCUT2D eigenvalue weighted by molar-refractivity contribution is 5.80. The number of hydrogen-bond donors (Lipinski definition) is 1. The maximum Gasteiger partial charge on any atom is 0.225 e. The lowest BCUT2D eigenvalue weighted by Gasteiger charge is -2.37. The van der Waals surface area contributed by atoms with E-state index in [1.54, 1.807) is 0 Å². The summed E-state index contributed by atoms with van der Waals surface area (Å²) in [6.45, 7) is 5.57. The molecule has 1 aromatic heterocycles. The van der Waals surface area contributed by atoms with Crippen LogP contribution < -0.4 is 5.32 Å². The van der Waals surface area contributed by atoms with Gasteiger partial charge in [0.1, 0.15) is 5.82 Å². The van der Waals surface area contributed by atoms with Gasteiger partial charge >= 0.3 is 0 Å². The molecule has 1 unspecified atom stereocenters. The number of aryl methyl sites for hydroxylation is 2. The van der Waals surface area contributed by atoms with Crippen LogP contribution in [0.4, 0.5) is 0 Å². The summed E-state index contributed by atoms with van der Waals surface area (Å²) in [6, 6.07) is 0.327. The molecule has 3 aliphatic rings. The molecule has 1 aliphatic heterocycles. The van der Waals surface area contributed by atoms with Gasteiger partial charge in [-0.1, -0.05) is 25.7 Å². The molecule has 0 aromatic carbocycles. The summed E-state index contributed by atoms with van der Waals surface area (Å²) >= 11 is 0. The van der Waals surface area contributed by atoms with Gasteiger partial charge in [-0.15, -0.1) is 0 Å². The van der Waals surface area contributed by atoms with E-state index < -0.39 is 0 Å². The summed E-state index contributed by atoms with van der Waals surface area (Å²) in [5, 5.41) is 3.20. The maximum absolute atomic E-state index is 12.7. The first-order valence-electron chi connectivity index (χ1n) is 11.9. The predicted molar refractivity (Wildman–Crippen MR) is 116 cm³/mol. The molecule has 2 heterocycles. The number of piperidine rings is 1. The van der Waals surface area contributed by atoms with Gasteiger partial charge < -0.3 is 10.2 Å². The Morgan fingerprint density at radius 1 is 0.933 bits per heavy atom. The molecular weight excluding hydrogens is 376 g/mol. The van der Waals surface area contributed by atoms with Gasteiger partial charge in [0.05, 0.1) is 6.42 Å². The van der Waals surface area contributed by atoms with Crippen molar-refractivity contribution in [3.8, 4) is 0 Å². The van der Waals surface area contributed by atoms with E-state index in [0.29, 0.717) is 18.4 Å². The molecule has 1 N–H and O–H groups in total. The standard InChI is InChI=1S/C24H36N4O2/c1-16-21(14-22(29)27-20-11-4-3-5-12-20)17(2)26-23(25-16)19-10-7-13-28(15-19)24(30)18-8-6-9-18/h18-20H,3-15H2,1-2H3,(H,27,29). The third-order valence-corrected chi connectivity index (χ3v) is 7.30. The van der Waals surface area contributed by atoms with Gasteiger partial charge in [-0.05, 0) is 52.4 Å². The molecule has 0 bridgehead atoms. The van der Waals surface area contributed by atoms with Crippen molar-refractivity contribution in [1.29, 1.82) is 0 Å². The highest BCUT2D eigenvalue weighted by atomic mass is 16.2. The predicted octanol–water partition coefficient (Wildman–Crippen LogP) is 3.59. The number of likely N-dealkylation sites (tertiary alicyclic amines) is 1. The zero-order valence-corrected chi connectivity index (χ0v) is 18.6. The minimum absolute atomic E-state index is 0.0828. The van der Waals surface area contributed by atoms with Crippen molar-refractivity contribution in [2.75, 3.05) is 13.1 Å². The first kappa shape index (κ1) is 21.3. The number of nitrogens with one attached hydrogen (secondary N) is 1. The molecule has 164 valence electrons. The summed E-state index contributed by atoms with van der Waals surface area (Å²) in [5.74, 6) is 1.70. The molecule has 2 amide bonds. The molecule has 6 nitrogen and oxygen atoms in total. The van der Waals surface area contributed by atoms with Gasteiger partial charge in [-0.25, -0.2) is 9.97 Å². The monoisotopic (exact) mass is 412 g/mol. The molecule has 4 rings (SSSR count). The summed E-state index contributed by atoms with van der Waals surface area (Å²) < 4.78 is 0. The normalized spacial score (nSPS) is 23.1. The number of hydrogen-bond acceptors (Lipinski definition) is 4. The molecule has 2 saturated carbocycles. The molecule has 30 heavy (non-hydrogen) atoms. The minimum Gasteiger partial charge on any atom is -0.353 e. The summed E-state index contributed by atoms with van der Waals surface area (Å²) in [4.78, 5) is 36.9. The Morgan fingerprint density at radius 2 is 1.63 bits per heavy atom. The Balaban J connectivity index is 1.40. The Labute approximate surface area is 180 Å². The fourth-order valence-electron chi connectivity index (χ4n) is 5.19. The van der Waals surface area contributed by atoms with E-state index in [1.165, 1.54) is 25.7 Å². The highest BCUT2D eigenvalue weighted by Gasteiger charge is 2.33. The quantitative estimate of drug-likeness (QED) is 0.802. The highest BCUT2D eigenvalue weighted by Crippen LogP contribution is 2.32. The summed E-state index contributed by atoms with van der Waals surface area (Å²) in [7, 11) is 0. The van der Waals surface area contributed by atoms with Crippen LogP contribution in [0.2, 0.25) is 0 Å². The lowest BCUT2D eigenvalue weighted by molar-refractivity contribution is -0.139. The van der Waals surface area contributed by atoms with Crippen LogP contribution >= 0.6 is 0 Å². The Hall–Kier alpha value is -1.98. The third-order valence-electron chi connectivity index (χ3n) is 7.30. The van der Waals surface area contributed by atoms with Crippen molar-refractivity contribution < 1.29 is 9.59 Å². The van der Waals surface area contributed by atoms with Crippen LogP contribution in [0.1, 0.15) is 92.9 Å². The Kier molecular flexibility index (Phi) is 6.69. The van der Waals surface area contributed by atoms with Crippen molar-refractivity contribution >= 4 is 11.8 Å². The molecule has 1 aromatic rings. The van der Waals surface area contributed by atoms with E-state index in [4.69, 9.17) is 9.97 Å². The van der Waals surface area contributed by atoms with E-state index in [1.807, 2.05) is 18.7 Å². The largest absolute Gasteiger partial charge is 0.353 e. The number of rotatable bonds is 5. The number of aromatic nitrogens is 2. The van der Waals surface area contributed by atoms with Crippen LogP contribution in [-0.4, -0.2) is 45.8 Å². The van der Waals surface area contributed by atoms with Crippen LogP contribution in [0.25, 0.3) is 0 Å². The van der Waals surface area contributed by atoms with Crippen LogP contribution in [0.3, 0.4) is 0 Å². The fraction of sp³-hybridized carbons (Fsp3) is 0.750. The summed E-state index contributed by atoms with van der Waals surface area (Å²) in [5.41, 5.74) is 2.75. The minimum atomic E-state index is 0.0828. The van der Waals surface area contributed by atoms with Crippen LogP contribution in [0, 0.1) is 19.8 Å². The molecule has 2 aliphatic carbocycles. The van der Waals surface area contributed by atoms with Crippen LogP contribution in [-0.2, 0) is 16.0 Å². The molecule has 0 spiro atoms. The smallest absolute Gasteiger partial charge is 0.225 e. The number of carbonyl (C=O) groups is 2. The zero-order valence-electron chi connectivity index (χ0n) is 18.6. The SMILES string of the molecule is Cc1nc(C2CCCN(C(=O)C3CCC3)C2)nc(C)c1CC(=O)NC1CCCCC1. The molecule has 0 radical (unpaired) electrons. The average molecular weight is 413 g/mol. The van der Waals surface area contributed by atoms with Crippen molar-refractivity contribution in [3.63, 3.8) is 0 Å². The second kappa shape index (κ2) is 9.44. The number of amides is 2. The maximum atomic E-state index is 12.7. The lowest BCUT2D eigenvalue weighted by atomic mass is 9.83. The van der Waals surface area contributed by atoms with Crippen molar-refractivity contribution in [3.05, 3.63) is 22.8 Å². The third kappa shape index (κ3) is 4.84. The van der Waals surface area contributed by atoms with E-state index in [9.17, 15) is 9.59 Å². The van der Waals surface area contributed by atoms with E-state index in [0.717, 1.165) is 74.4 Å². The first-order valence-corrected chi connectivity index (χ1v) is 11.9. The topological polar surface area (TPSA) is 75.2 Å². The molecule has 6 heteroatoms. The first-order chi connectivity index (χ1) is 14.5. The fourth-order valence-corrected chi connectivity index (χ4v) is 5.19. The van der Waals surface area contributed by atoms with E-state index >= 15 is 0 Å². The van der Waals surface area contributed by atoms with Gasteiger partial charge in [0.25, 0.3) is 0 Å². The summed E-state index contributed by atoms with van der Waals surface area (Å²) in [6.07, 6.45) is 11.6. The van der Waals surface area contributed by atoms with Crippen molar-refractivity contribution in [1.82, 2.24) is 20.2 Å². The zero-order chi connectivity index (χ0) is 21.1. The molecule has 1 atom stereocenters. The second-order valence-electron chi connectivity index (χ2n) is 9.56. The van der Waals surface area contributed by atoms with E-state index in [-0.39, 0.29) is 17.7 Å². The molecular formula is C24H36N4O2. The number of carbonyl (C=O) groups excluding carboxylic acids is 2. The van der Waals surface area contributed by atoms with Crippen LogP contribution in [0.15, 0.2) is 0 Å². The van der Waals surface area contributed by atoms with Gasteiger partial charge in [0.2, 0.25) is 11.8 Å². The average Bonchev–Trinajstić information content (AvgIpc) is 2.70. The van der Waals surface area contributed by atoms with Crippen molar-refractivity contribution in [2.24, 2.45) is 5.92 Å². The van der Waals surface area contributed by atoms with Crippen molar-refractivity contribution in [2.45, 2.75) is 96.4 Å². The van der Waals surface area contributed by atoms with E-state index in [2.05, 4.69) is 5.32 Å². The van der Waals surface area contributed by atoms with Gasteiger partial charge in [-0.3, -0.25) is 9.59 Å². The van der Waals surface area contributed by atoms with Gasteiger partial charge in [0, 0.05) is 47.9 Å². The van der Waals surface area contributed by atoms with Gasteiger partial charge in [-0.2, -0.15) is 0 Å². The molecule has 3 fully saturated rings.